The summed E-state index contributed by atoms with van der Waals surface area (Å²) in [5.74, 6) is -0.502. The molecule has 0 bridgehead atoms. The van der Waals surface area contributed by atoms with E-state index in [1.807, 2.05) is 43.3 Å². The highest BCUT2D eigenvalue weighted by molar-refractivity contribution is 7.71. The lowest BCUT2D eigenvalue weighted by Gasteiger charge is -2.07. The predicted molar refractivity (Wildman–Crippen MR) is 125 cm³/mol. The Morgan fingerprint density at radius 2 is 1.90 bits per heavy atom. The lowest BCUT2D eigenvalue weighted by molar-refractivity contribution is -0.116. The molecule has 0 saturated heterocycles. The van der Waals surface area contributed by atoms with Gasteiger partial charge in [-0.2, -0.15) is 0 Å². The number of aryl methyl sites for hydroxylation is 1. The van der Waals surface area contributed by atoms with Crippen LogP contribution in [0.25, 0.3) is 15.9 Å². The molecule has 31 heavy (non-hydrogen) atoms. The molecule has 1 aromatic carbocycles. The number of carbonyl (C=O) groups excluding carboxylic acids is 1. The second kappa shape index (κ2) is 8.12. The average molecular weight is 456 g/mol. The van der Waals surface area contributed by atoms with Gasteiger partial charge in [0.2, 0.25) is 5.91 Å². The Hall–Kier alpha value is -3.24. The summed E-state index contributed by atoms with van der Waals surface area (Å²) < 4.78 is 4.54. The third kappa shape index (κ3) is 3.68. The normalized spacial score (nSPS) is 11.2. The monoisotopic (exact) mass is 455 g/mol. The Bertz CT molecular complexity index is 1470. The summed E-state index contributed by atoms with van der Waals surface area (Å²) in [6, 6.07) is 11.0. The fourth-order valence-electron chi connectivity index (χ4n) is 3.45. The molecule has 0 fully saturated rings. The van der Waals surface area contributed by atoms with Crippen molar-refractivity contribution in [2.45, 2.75) is 26.8 Å². The number of H-pyrrole nitrogens is 1. The molecule has 0 spiro atoms. The first-order valence-corrected chi connectivity index (χ1v) is 10.9. The number of nitrogens with zero attached hydrogens (tertiary/aromatic N) is 3. The Morgan fingerprint density at radius 1 is 1.19 bits per heavy atom. The fourth-order valence-corrected chi connectivity index (χ4v) is 4.75. The zero-order valence-corrected chi connectivity index (χ0v) is 18.9. The van der Waals surface area contributed by atoms with Gasteiger partial charge in [-0.15, -0.1) is 11.3 Å². The summed E-state index contributed by atoms with van der Waals surface area (Å²) in [6.07, 6.45) is 0.806. The summed E-state index contributed by atoms with van der Waals surface area (Å²) in [4.78, 5) is 43.4. The number of hydrogen-bond donors (Lipinski definition) is 2. The summed E-state index contributed by atoms with van der Waals surface area (Å²) in [5.41, 5.74) is 0.783. The van der Waals surface area contributed by atoms with Crippen LogP contribution in [0.2, 0.25) is 0 Å². The van der Waals surface area contributed by atoms with Crippen LogP contribution in [-0.2, 0) is 24.8 Å². The van der Waals surface area contributed by atoms with Crippen LogP contribution in [0.15, 0.2) is 46.0 Å². The van der Waals surface area contributed by atoms with Crippen molar-refractivity contribution < 1.29 is 4.79 Å². The van der Waals surface area contributed by atoms with Crippen molar-refractivity contribution in [2.75, 3.05) is 5.32 Å². The second-order valence-corrected chi connectivity index (χ2v) is 8.64. The van der Waals surface area contributed by atoms with E-state index in [2.05, 4.69) is 10.3 Å². The minimum Gasteiger partial charge on any atom is -0.323 e. The maximum Gasteiger partial charge on any atom is 0.295 e. The predicted octanol–water partition coefficient (Wildman–Crippen LogP) is 3.12. The fraction of sp³-hybridized carbons (Fsp3) is 0.238. The standard InChI is InChI=1S/C21H21N5O3S2/c1-4-14-10-15-18(31-14)23-21(30)25(19(15)28)11-16(27)22-17-12(2)24(3)26(20(17)29)13-8-6-5-7-9-13/h5-10H,4,11H2,1-3H3,(H,22,27)(H,23,30). The van der Waals surface area contributed by atoms with Gasteiger partial charge in [-0.05, 0) is 43.8 Å². The first-order chi connectivity index (χ1) is 14.8. The van der Waals surface area contributed by atoms with Crippen molar-refractivity contribution in [3.05, 3.63) is 72.4 Å². The molecular formula is C21H21N5O3S2. The molecule has 3 heterocycles. The van der Waals surface area contributed by atoms with E-state index < -0.39 is 5.91 Å². The van der Waals surface area contributed by atoms with Crippen molar-refractivity contribution in [2.24, 2.45) is 7.05 Å². The first kappa shape index (κ1) is 21.0. The van der Waals surface area contributed by atoms with Gasteiger partial charge in [0.15, 0.2) is 4.77 Å². The van der Waals surface area contributed by atoms with E-state index in [0.29, 0.717) is 21.6 Å². The van der Waals surface area contributed by atoms with E-state index in [-0.39, 0.29) is 28.1 Å². The summed E-state index contributed by atoms with van der Waals surface area (Å²) in [6.45, 7) is 3.47. The molecule has 0 saturated carbocycles. The average Bonchev–Trinajstić information content (AvgIpc) is 3.26. The van der Waals surface area contributed by atoms with Gasteiger partial charge >= 0.3 is 0 Å². The molecule has 0 radical (unpaired) electrons. The number of fused-ring (bicyclic) bond motifs is 1. The Morgan fingerprint density at radius 3 is 2.58 bits per heavy atom. The maximum absolute atomic E-state index is 13.0. The molecule has 0 unspecified atom stereocenters. The van der Waals surface area contributed by atoms with Gasteiger partial charge in [0.1, 0.15) is 17.1 Å². The van der Waals surface area contributed by atoms with Crippen molar-refractivity contribution in [3.63, 3.8) is 0 Å². The van der Waals surface area contributed by atoms with Crippen molar-refractivity contribution in [1.82, 2.24) is 18.9 Å². The van der Waals surface area contributed by atoms with Gasteiger partial charge < -0.3 is 10.3 Å². The maximum atomic E-state index is 13.0. The zero-order valence-electron chi connectivity index (χ0n) is 17.3. The number of hydrogen-bond acceptors (Lipinski definition) is 5. The van der Waals surface area contributed by atoms with E-state index in [0.717, 1.165) is 11.3 Å². The summed E-state index contributed by atoms with van der Waals surface area (Å²) in [7, 11) is 1.75. The van der Waals surface area contributed by atoms with Crippen LogP contribution in [0.3, 0.4) is 0 Å². The Labute approximate surface area is 186 Å². The molecule has 3 aromatic heterocycles. The molecule has 160 valence electrons. The molecule has 1 amide bonds. The van der Waals surface area contributed by atoms with Crippen molar-refractivity contribution in [3.8, 4) is 5.69 Å². The Kier molecular flexibility index (Phi) is 5.50. The number of benzene rings is 1. The van der Waals surface area contributed by atoms with E-state index >= 15 is 0 Å². The smallest absolute Gasteiger partial charge is 0.295 e. The lowest BCUT2D eigenvalue weighted by Crippen LogP contribution is -2.30. The van der Waals surface area contributed by atoms with Gasteiger partial charge in [0, 0.05) is 11.9 Å². The molecule has 10 heteroatoms. The minimum absolute atomic E-state index is 0.170. The van der Waals surface area contributed by atoms with E-state index in [4.69, 9.17) is 12.2 Å². The zero-order chi connectivity index (χ0) is 22.3. The van der Waals surface area contributed by atoms with Crippen LogP contribution in [0.1, 0.15) is 17.5 Å². The SMILES string of the molecule is CCc1cc2c(=O)n(CC(=O)Nc3c(C)n(C)n(-c4ccccc4)c3=O)c(=S)[nH]c2s1. The third-order valence-corrected chi connectivity index (χ3v) is 6.71. The van der Waals surface area contributed by atoms with Gasteiger partial charge in [-0.3, -0.25) is 23.6 Å². The number of rotatable bonds is 5. The van der Waals surface area contributed by atoms with Crippen LogP contribution in [0.4, 0.5) is 5.69 Å². The molecule has 4 aromatic rings. The number of carbonyl (C=O) groups is 1. The van der Waals surface area contributed by atoms with E-state index in [1.54, 1.807) is 18.7 Å². The minimum atomic E-state index is -0.502. The van der Waals surface area contributed by atoms with Gasteiger partial charge in [0.25, 0.3) is 11.1 Å². The lowest BCUT2D eigenvalue weighted by atomic mass is 10.3. The molecule has 2 N–H and O–H groups in total. The molecular weight excluding hydrogens is 434 g/mol. The van der Waals surface area contributed by atoms with Crippen molar-refractivity contribution >= 4 is 45.4 Å². The van der Waals surface area contributed by atoms with Crippen molar-refractivity contribution in [1.29, 1.82) is 0 Å². The van der Waals surface area contributed by atoms with Crippen LogP contribution in [0.5, 0.6) is 0 Å². The van der Waals surface area contributed by atoms with E-state index in [1.165, 1.54) is 20.6 Å². The molecule has 8 nitrogen and oxygen atoms in total. The van der Waals surface area contributed by atoms with Crippen LogP contribution in [0, 0.1) is 11.7 Å². The van der Waals surface area contributed by atoms with Crippen LogP contribution >= 0.6 is 23.6 Å². The highest BCUT2D eigenvalue weighted by Gasteiger charge is 2.19. The molecule has 4 rings (SSSR count). The van der Waals surface area contributed by atoms with Crippen LogP contribution < -0.4 is 16.4 Å². The topological polar surface area (TPSA) is 93.8 Å². The van der Waals surface area contributed by atoms with Gasteiger partial charge in [0.05, 0.1) is 16.8 Å². The highest BCUT2D eigenvalue weighted by Crippen LogP contribution is 2.21. The number of aromatic amines is 1. The molecule has 0 aliphatic carbocycles. The van der Waals surface area contributed by atoms with Crippen LogP contribution in [-0.4, -0.2) is 24.8 Å². The van der Waals surface area contributed by atoms with Gasteiger partial charge in [-0.1, -0.05) is 25.1 Å². The van der Waals surface area contributed by atoms with Gasteiger partial charge in [-0.25, -0.2) is 4.68 Å². The number of nitrogens with one attached hydrogen (secondary N) is 2. The first-order valence-electron chi connectivity index (χ1n) is 9.71. The second-order valence-electron chi connectivity index (χ2n) is 7.12. The molecule has 0 atom stereocenters. The number of thiophene rings is 1. The number of para-hydroxylation sites is 1. The quantitative estimate of drug-likeness (QED) is 0.452. The Balaban J connectivity index is 1.67. The number of amides is 1. The molecule has 0 aliphatic rings. The summed E-state index contributed by atoms with van der Waals surface area (Å²) in [5, 5.41) is 3.17. The molecule has 0 aliphatic heterocycles. The van der Waals surface area contributed by atoms with E-state index in [9.17, 15) is 14.4 Å². The largest absolute Gasteiger partial charge is 0.323 e. The summed E-state index contributed by atoms with van der Waals surface area (Å²) >= 11 is 6.78. The highest BCUT2D eigenvalue weighted by atomic mass is 32.1. The third-order valence-electron chi connectivity index (χ3n) is 5.19. The number of anilines is 1. The number of aromatic nitrogens is 4.